The molecule has 0 aliphatic carbocycles. The van der Waals surface area contributed by atoms with Crippen LogP contribution in [0.3, 0.4) is 0 Å². The van der Waals surface area contributed by atoms with Crippen molar-refractivity contribution < 1.29 is 32.2 Å². The first-order valence-electron chi connectivity index (χ1n) is 11.8. The van der Waals surface area contributed by atoms with Crippen molar-refractivity contribution >= 4 is 16.8 Å². The molecule has 0 saturated carbocycles. The van der Waals surface area contributed by atoms with Gasteiger partial charge >= 0.3 is 11.8 Å². The van der Waals surface area contributed by atoms with E-state index in [4.69, 9.17) is 9.15 Å². The van der Waals surface area contributed by atoms with Crippen LogP contribution < -0.4 is 10.1 Å². The van der Waals surface area contributed by atoms with Gasteiger partial charge in [0.15, 0.2) is 0 Å². The van der Waals surface area contributed by atoms with Gasteiger partial charge < -0.3 is 19.6 Å². The molecule has 0 fully saturated rings. The van der Waals surface area contributed by atoms with Crippen LogP contribution in [-0.2, 0) is 0 Å². The standard InChI is InChI=1S/C27H22F3N5O4/c1-14(36)24(32-26(37)27-34-33-15(2)38-27)25(16-9-19(29)12-20(30)10-16)39-22-7-8-23-17(11-22)13-31-35(23)21-5-3-18(28)4-6-21/h3-14,24-25,36H,1-2H3,(H,32,37)/t14-,24-,25+/m0/s1. The molecule has 2 heterocycles. The number of aryl methyl sites for hydroxylation is 1. The number of aliphatic hydroxyl groups is 1. The Morgan fingerprint density at radius 3 is 2.36 bits per heavy atom. The first-order chi connectivity index (χ1) is 18.7. The Kier molecular flexibility index (Phi) is 7.03. The smallest absolute Gasteiger partial charge is 0.309 e. The summed E-state index contributed by atoms with van der Waals surface area (Å²) in [6, 6.07) is 12.4. The summed E-state index contributed by atoms with van der Waals surface area (Å²) in [7, 11) is 0. The summed E-state index contributed by atoms with van der Waals surface area (Å²) >= 11 is 0. The van der Waals surface area contributed by atoms with Crippen molar-refractivity contribution in [1.82, 2.24) is 25.3 Å². The van der Waals surface area contributed by atoms with Gasteiger partial charge in [-0.1, -0.05) is 0 Å². The van der Waals surface area contributed by atoms with E-state index >= 15 is 0 Å². The van der Waals surface area contributed by atoms with Crippen LogP contribution in [-0.4, -0.2) is 43.1 Å². The number of rotatable bonds is 8. The molecule has 12 heteroatoms. The molecule has 0 bridgehead atoms. The highest BCUT2D eigenvalue weighted by molar-refractivity contribution is 5.89. The van der Waals surface area contributed by atoms with Crippen LogP contribution in [0.1, 0.15) is 35.2 Å². The number of fused-ring (bicyclic) bond motifs is 1. The first-order valence-corrected chi connectivity index (χ1v) is 11.8. The van der Waals surface area contributed by atoms with Crippen LogP contribution >= 0.6 is 0 Å². The van der Waals surface area contributed by atoms with Gasteiger partial charge in [-0.3, -0.25) is 4.79 Å². The highest BCUT2D eigenvalue weighted by Crippen LogP contribution is 2.31. The van der Waals surface area contributed by atoms with Crippen LogP contribution in [0.15, 0.2) is 71.3 Å². The Bertz CT molecular complexity index is 1610. The van der Waals surface area contributed by atoms with Gasteiger partial charge in [0.05, 0.1) is 29.5 Å². The molecule has 0 spiro atoms. The van der Waals surface area contributed by atoms with Gasteiger partial charge in [-0.15, -0.1) is 10.2 Å². The maximum absolute atomic E-state index is 14.2. The van der Waals surface area contributed by atoms with Gasteiger partial charge in [0, 0.05) is 23.9 Å². The van der Waals surface area contributed by atoms with Gasteiger partial charge in [0.25, 0.3) is 0 Å². The van der Waals surface area contributed by atoms with Gasteiger partial charge in [0.2, 0.25) is 5.89 Å². The van der Waals surface area contributed by atoms with Crippen LogP contribution in [0.25, 0.3) is 16.6 Å². The van der Waals surface area contributed by atoms with Crippen LogP contribution in [0.4, 0.5) is 13.2 Å². The molecular weight excluding hydrogens is 515 g/mol. The van der Waals surface area contributed by atoms with Crippen LogP contribution in [0.2, 0.25) is 0 Å². The molecule has 0 aliphatic heterocycles. The fourth-order valence-electron chi connectivity index (χ4n) is 4.16. The minimum atomic E-state index is -1.24. The second kappa shape index (κ2) is 10.6. The number of aliphatic hydroxyl groups excluding tert-OH is 1. The van der Waals surface area contributed by atoms with E-state index in [0.29, 0.717) is 22.7 Å². The number of benzene rings is 3. The molecule has 5 aromatic rings. The van der Waals surface area contributed by atoms with E-state index in [1.807, 2.05) is 0 Å². The monoisotopic (exact) mass is 537 g/mol. The van der Waals surface area contributed by atoms with E-state index < -0.39 is 35.8 Å². The molecule has 0 radical (unpaired) electrons. The number of hydrogen-bond donors (Lipinski definition) is 2. The number of carbonyl (C=O) groups is 1. The van der Waals surface area contributed by atoms with Crippen LogP contribution in [0, 0.1) is 24.4 Å². The van der Waals surface area contributed by atoms with Gasteiger partial charge in [0.1, 0.15) is 29.3 Å². The predicted molar refractivity (Wildman–Crippen MR) is 133 cm³/mol. The Hall–Kier alpha value is -4.71. The number of aromatic nitrogens is 4. The molecule has 5 rings (SSSR count). The summed E-state index contributed by atoms with van der Waals surface area (Å²) in [4.78, 5) is 12.8. The lowest BCUT2D eigenvalue weighted by Crippen LogP contribution is -2.48. The summed E-state index contributed by atoms with van der Waals surface area (Å²) in [5.74, 6) is -2.83. The molecule has 1 amide bonds. The third kappa shape index (κ3) is 5.60. The molecule has 0 unspecified atom stereocenters. The van der Waals surface area contributed by atoms with E-state index in [1.165, 1.54) is 26.0 Å². The third-order valence-corrected chi connectivity index (χ3v) is 5.95. The second-order valence-electron chi connectivity index (χ2n) is 8.86. The average Bonchev–Trinajstić information content (AvgIpc) is 3.52. The Morgan fingerprint density at radius 1 is 1.00 bits per heavy atom. The summed E-state index contributed by atoms with van der Waals surface area (Å²) in [5.41, 5.74) is 1.36. The summed E-state index contributed by atoms with van der Waals surface area (Å²) in [6.45, 7) is 2.90. The lowest BCUT2D eigenvalue weighted by molar-refractivity contribution is 0.0503. The highest BCUT2D eigenvalue weighted by atomic mass is 19.1. The SMILES string of the molecule is Cc1nnc(C(=O)N[C@@H]([C@H](C)O)[C@H](Oc2ccc3c(cnn3-c3ccc(F)cc3)c2)c2cc(F)cc(F)c2)o1. The van der Waals surface area contributed by atoms with E-state index in [2.05, 4.69) is 20.6 Å². The van der Waals surface area contributed by atoms with E-state index in [9.17, 15) is 23.1 Å². The first kappa shape index (κ1) is 25.9. The van der Waals surface area contributed by atoms with Gasteiger partial charge in [-0.25, -0.2) is 17.9 Å². The van der Waals surface area contributed by atoms with Crippen molar-refractivity contribution in [2.24, 2.45) is 0 Å². The van der Waals surface area contributed by atoms with E-state index in [-0.39, 0.29) is 28.9 Å². The van der Waals surface area contributed by atoms with Gasteiger partial charge in [-0.2, -0.15) is 5.10 Å². The summed E-state index contributed by atoms with van der Waals surface area (Å²) < 4.78 is 54.7. The molecule has 3 aromatic carbocycles. The molecule has 9 nitrogen and oxygen atoms in total. The minimum absolute atomic E-state index is 0.0301. The summed E-state index contributed by atoms with van der Waals surface area (Å²) in [6.07, 6.45) is -0.902. The molecule has 2 N–H and O–H groups in total. The molecule has 200 valence electrons. The number of nitrogens with zero attached hydrogens (tertiary/aromatic N) is 4. The Morgan fingerprint density at radius 2 is 1.72 bits per heavy atom. The molecular formula is C27H22F3N5O4. The van der Waals surface area contributed by atoms with Crippen molar-refractivity contribution in [1.29, 1.82) is 0 Å². The number of ether oxygens (including phenoxy) is 1. The number of hydrogen-bond acceptors (Lipinski definition) is 7. The van der Waals surface area contributed by atoms with Crippen molar-refractivity contribution in [2.75, 3.05) is 0 Å². The quantitative estimate of drug-likeness (QED) is 0.301. The largest absolute Gasteiger partial charge is 0.483 e. The topological polar surface area (TPSA) is 115 Å². The number of halogens is 3. The fourth-order valence-corrected chi connectivity index (χ4v) is 4.16. The Balaban J connectivity index is 1.50. The summed E-state index contributed by atoms with van der Waals surface area (Å²) in [5, 5.41) is 25.5. The number of nitrogens with one attached hydrogen (secondary N) is 1. The molecule has 39 heavy (non-hydrogen) atoms. The zero-order chi connectivity index (χ0) is 27.7. The van der Waals surface area contributed by atoms with E-state index in [1.54, 1.807) is 41.2 Å². The Labute approximate surface area is 219 Å². The van der Waals surface area contributed by atoms with E-state index in [0.717, 1.165) is 12.1 Å². The molecule has 0 saturated heterocycles. The predicted octanol–water partition coefficient (Wildman–Crippen LogP) is 4.43. The maximum atomic E-state index is 14.2. The number of amides is 1. The van der Waals surface area contributed by atoms with Crippen molar-refractivity contribution in [3.63, 3.8) is 0 Å². The molecule has 2 aromatic heterocycles. The average molecular weight is 537 g/mol. The highest BCUT2D eigenvalue weighted by Gasteiger charge is 2.33. The lowest BCUT2D eigenvalue weighted by atomic mass is 9.97. The maximum Gasteiger partial charge on any atom is 0.309 e. The van der Waals surface area contributed by atoms with Crippen molar-refractivity contribution in [2.45, 2.75) is 32.1 Å². The van der Waals surface area contributed by atoms with Crippen LogP contribution in [0.5, 0.6) is 5.75 Å². The second-order valence-corrected chi connectivity index (χ2v) is 8.86. The minimum Gasteiger partial charge on any atom is -0.483 e. The normalized spacial score (nSPS) is 13.7. The third-order valence-electron chi connectivity index (χ3n) is 5.95. The molecule has 3 atom stereocenters. The molecule has 0 aliphatic rings. The van der Waals surface area contributed by atoms with Crippen molar-refractivity contribution in [3.8, 4) is 11.4 Å². The lowest BCUT2D eigenvalue weighted by Gasteiger charge is -2.30. The van der Waals surface area contributed by atoms with Crippen molar-refractivity contribution in [3.05, 3.63) is 102 Å². The number of carbonyl (C=O) groups excluding carboxylic acids is 1. The zero-order valence-corrected chi connectivity index (χ0v) is 20.7. The van der Waals surface area contributed by atoms with Gasteiger partial charge in [-0.05, 0) is 61.5 Å². The zero-order valence-electron chi connectivity index (χ0n) is 20.7. The fraction of sp³-hybridized carbons (Fsp3) is 0.185.